The van der Waals surface area contributed by atoms with Crippen LogP contribution in [0.15, 0.2) is 12.3 Å². The van der Waals surface area contributed by atoms with E-state index in [4.69, 9.17) is 14.9 Å². The molecular weight excluding hydrogens is 288 g/mol. The zero-order valence-corrected chi connectivity index (χ0v) is 13.2. The van der Waals surface area contributed by atoms with E-state index in [1.165, 1.54) is 12.4 Å². The number of carbonyl (C=O) groups excluding carboxylic acids is 3. The van der Waals surface area contributed by atoms with Crippen LogP contribution in [0.4, 0.5) is 0 Å². The largest absolute Gasteiger partial charge is 0.465 e. The first-order chi connectivity index (χ1) is 10.5. The van der Waals surface area contributed by atoms with Gasteiger partial charge in [0.15, 0.2) is 0 Å². The molecule has 0 aromatic heterocycles. The van der Waals surface area contributed by atoms with E-state index in [0.717, 1.165) is 17.4 Å². The van der Waals surface area contributed by atoms with Gasteiger partial charge < -0.3 is 19.8 Å². The Balaban J connectivity index is 4.61. The van der Waals surface area contributed by atoms with Crippen LogP contribution in [0.3, 0.4) is 0 Å². The molecule has 124 valence electrons. The summed E-state index contributed by atoms with van der Waals surface area (Å²) in [6, 6.07) is 0. The smallest absolute Gasteiger partial charge is 0.332 e. The lowest BCUT2D eigenvalue weighted by Crippen LogP contribution is -2.32. The molecule has 0 aromatic carbocycles. The van der Waals surface area contributed by atoms with E-state index >= 15 is 0 Å². The quantitative estimate of drug-likeness (QED) is 0.271. The van der Waals surface area contributed by atoms with Gasteiger partial charge in [-0.05, 0) is 39.3 Å². The number of esters is 2. The number of rotatable bonds is 11. The highest BCUT2D eigenvalue weighted by atomic mass is 16.5. The van der Waals surface area contributed by atoms with Crippen molar-refractivity contribution in [1.29, 1.82) is 5.41 Å². The third kappa shape index (κ3) is 9.68. The van der Waals surface area contributed by atoms with Gasteiger partial charge in [-0.3, -0.25) is 9.59 Å². The van der Waals surface area contributed by atoms with E-state index < -0.39 is 11.9 Å². The maximum absolute atomic E-state index is 12.1. The molecule has 0 saturated carbocycles. The lowest BCUT2D eigenvalue weighted by atomic mass is 10.2. The Morgan fingerprint density at radius 1 is 1.09 bits per heavy atom. The average Bonchev–Trinajstić information content (AvgIpc) is 2.48. The zero-order chi connectivity index (χ0) is 16.8. The minimum Gasteiger partial charge on any atom is -0.465 e. The zero-order valence-electron chi connectivity index (χ0n) is 13.2. The van der Waals surface area contributed by atoms with Crippen LogP contribution in [0.5, 0.6) is 0 Å². The van der Waals surface area contributed by atoms with Gasteiger partial charge >= 0.3 is 11.9 Å². The van der Waals surface area contributed by atoms with Gasteiger partial charge in [-0.15, -0.1) is 0 Å². The van der Waals surface area contributed by atoms with E-state index in [-0.39, 0.29) is 32.1 Å². The lowest BCUT2D eigenvalue weighted by molar-refractivity contribution is -0.147. The number of hydrogen-bond acceptors (Lipinski definition) is 6. The fraction of sp³-hybridized carbons (Fsp3) is 0.600. The molecule has 0 rings (SSSR count). The van der Waals surface area contributed by atoms with Crippen molar-refractivity contribution in [2.45, 2.75) is 39.5 Å². The highest BCUT2D eigenvalue weighted by Crippen LogP contribution is 2.04. The van der Waals surface area contributed by atoms with Crippen molar-refractivity contribution in [1.82, 2.24) is 4.90 Å². The molecule has 0 bridgehead atoms. The van der Waals surface area contributed by atoms with Crippen LogP contribution in [-0.2, 0) is 23.9 Å². The van der Waals surface area contributed by atoms with Crippen molar-refractivity contribution in [2.24, 2.45) is 0 Å². The molecule has 0 heterocycles. The summed E-state index contributed by atoms with van der Waals surface area (Å²) in [5, 5.41) is 6.92. The number of ether oxygens (including phenoxy) is 2. The Labute approximate surface area is 130 Å². The first-order valence-corrected chi connectivity index (χ1v) is 7.34. The summed E-state index contributed by atoms with van der Waals surface area (Å²) in [5.41, 5.74) is 0. The van der Waals surface area contributed by atoms with E-state index in [1.807, 2.05) is 0 Å². The second-order valence-electron chi connectivity index (χ2n) is 4.34. The van der Waals surface area contributed by atoms with Crippen LogP contribution in [0.1, 0.15) is 39.5 Å². The van der Waals surface area contributed by atoms with Crippen LogP contribution < -0.4 is 0 Å². The first kappa shape index (κ1) is 19.8. The van der Waals surface area contributed by atoms with Crippen molar-refractivity contribution in [2.75, 3.05) is 19.8 Å². The molecule has 0 radical (unpaired) electrons. The first-order valence-electron chi connectivity index (χ1n) is 7.34. The number of nitrogens with one attached hydrogen (secondary N) is 1. The number of carbonyl (C=O) groups is 3. The van der Waals surface area contributed by atoms with E-state index in [1.54, 1.807) is 13.8 Å². The van der Waals surface area contributed by atoms with Crippen molar-refractivity contribution in [3.63, 3.8) is 0 Å². The van der Waals surface area contributed by atoms with E-state index in [9.17, 15) is 14.4 Å². The molecule has 0 saturated heterocycles. The van der Waals surface area contributed by atoms with Crippen LogP contribution >= 0.6 is 0 Å². The second-order valence-corrected chi connectivity index (χ2v) is 4.34. The fourth-order valence-corrected chi connectivity index (χ4v) is 1.58. The third-order valence-electron chi connectivity index (χ3n) is 2.59. The minimum atomic E-state index is -0.576. The van der Waals surface area contributed by atoms with Crippen molar-refractivity contribution >= 4 is 24.1 Å². The topological polar surface area (TPSA) is 96.8 Å². The number of unbranched alkanes of at least 4 members (excludes halogenated alkanes) is 2. The van der Waals surface area contributed by atoms with Crippen molar-refractivity contribution < 1.29 is 23.9 Å². The molecule has 0 aliphatic carbocycles. The highest BCUT2D eigenvalue weighted by Gasteiger charge is 2.15. The minimum absolute atomic E-state index is 0.224. The molecule has 1 N–H and O–H groups in total. The lowest BCUT2D eigenvalue weighted by Gasteiger charge is -2.17. The monoisotopic (exact) mass is 312 g/mol. The molecular formula is C15H24N2O5. The van der Waals surface area contributed by atoms with Gasteiger partial charge in [0.2, 0.25) is 5.91 Å². The Hall–Kier alpha value is -2.18. The van der Waals surface area contributed by atoms with Gasteiger partial charge in [0, 0.05) is 18.7 Å². The molecule has 0 aliphatic rings. The van der Waals surface area contributed by atoms with Gasteiger partial charge in [0.25, 0.3) is 0 Å². The summed E-state index contributed by atoms with van der Waals surface area (Å²) in [6.07, 6.45) is 5.84. The Morgan fingerprint density at radius 2 is 1.77 bits per heavy atom. The Morgan fingerprint density at radius 3 is 2.36 bits per heavy atom. The SMILES string of the molecule is CCOC(=O)/C=C/N(CC(=O)OCC)C(=O)CCCCC=N. The normalized spacial score (nSPS) is 10.3. The number of nitrogens with zero attached hydrogens (tertiary/aromatic N) is 1. The molecule has 7 heteroatoms. The summed E-state index contributed by atoms with van der Waals surface area (Å²) in [6.45, 7) is 3.57. The average molecular weight is 312 g/mol. The van der Waals surface area contributed by atoms with Gasteiger partial charge in [0.05, 0.1) is 13.2 Å². The molecule has 0 spiro atoms. The molecule has 0 fully saturated rings. The van der Waals surface area contributed by atoms with Crippen LogP contribution in [-0.4, -0.2) is 48.7 Å². The molecule has 0 aliphatic heterocycles. The maximum Gasteiger partial charge on any atom is 0.332 e. The fourth-order valence-electron chi connectivity index (χ4n) is 1.58. The van der Waals surface area contributed by atoms with Gasteiger partial charge in [-0.25, -0.2) is 4.79 Å². The summed E-state index contributed by atoms with van der Waals surface area (Å²) in [7, 11) is 0. The van der Waals surface area contributed by atoms with Crippen LogP contribution in [0.2, 0.25) is 0 Å². The van der Waals surface area contributed by atoms with Gasteiger partial charge in [-0.2, -0.15) is 0 Å². The van der Waals surface area contributed by atoms with E-state index in [2.05, 4.69) is 0 Å². The number of amides is 1. The van der Waals surface area contributed by atoms with E-state index in [0.29, 0.717) is 12.8 Å². The highest BCUT2D eigenvalue weighted by molar-refractivity contribution is 5.86. The Kier molecular flexibility index (Phi) is 11.3. The summed E-state index contributed by atoms with van der Waals surface area (Å²) in [5.74, 6) is -1.39. The maximum atomic E-state index is 12.1. The molecule has 1 amide bonds. The molecule has 0 unspecified atom stereocenters. The standard InChI is InChI=1S/C15H24N2O5/c1-3-21-14(19)9-11-17(12-15(20)22-4-2)13(18)8-6-5-7-10-16/h9-11,16H,3-8,12H2,1-2H3/b11-9+,16-10?. The predicted molar refractivity (Wildman–Crippen MR) is 81.4 cm³/mol. The number of hydrogen-bond donors (Lipinski definition) is 1. The molecule has 7 nitrogen and oxygen atoms in total. The molecule has 0 aromatic rings. The summed E-state index contributed by atoms with van der Waals surface area (Å²) >= 11 is 0. The molecule has 22 heavy (non-hydrogen) atoms. The third-order valence-corrected chi connectivity index (χ3v) is 2.59. The predicted octanol–water partition coefficient (Wildman–Crippen LogP) is 1.66. The van der Waals surface area contributed by atoms with Gasteiger partial charge in [0.1, 0.15) is 6.54 Å². The Bertz CT molecular complexity index is 407. The summed E-state index contributed by atoms with van der Waals surface area (Å²) < 4.78 is 9.54. The van der Waals surface area contributed by atoms with Gasteiger partial charge in [-0.1, -0.05) is 0 Å². The second kappa shape index (κ2) is 12.6. The summed E-state index contributed by atoms with van der Waals surface area (Å²) in [4.78, 5) is 36.0. The molecule has 0 atom stereocenters. The van der Waals surface area contributed by atoms with Crippen LogP contribution in [0.25, 0.3) is 0 Å². The van der Waals surface area contributed by atoms with Crippen molar-refractivity contribution in [3.8, 4) is 0 Å². The van der Waals surface area contributed by atoms with Crippen LogP contribution in [0, 0.1) is 5.41 Å². The van der Waals surface area contributed by atoms with Crippen molar-refractivity contribution in [3.05, 3.63) is 12.3 Å².